The third kappa shape index (κ3) is 6.46. The largest absolute Gasteiger partial charge is 0.497 e. The fraction of sp³-hybridized carbons (Fsp3) is 0.278. The smallest absolute Gasteiger partial charge is 0.315 e. The van der Waals surface area contributed by atoms with Crippen molar-refractivity contribution in [2.45, 2.75) is 0 Å². The van der Waals surface area contributed by atoms with Crippen LogP contribution in [-0.4, -0.2) is 39.4 Å². The maximum Gasteiger partial charge on any atom is 0.315 e. The van der Waals surface area contributed by atoms with E-state index in [9.17, 15) is 13.6 Å². The van der Waals surface area contributed by atoms with Crippen LogP contribution in [0, 0.1) is 11.6 Å². The molecule has 0 aliphatic rings. The van der Waals surface area contributed by atoms with Gasteiger partial charge in [0, 0.05) is 6.07 Å². The molecule has 8 heteroatoms. The summed E-state index contributed by atoms with van der Waals surface area (Å²) in [6, 6.07) is 9.97. The van der Waals surface area contributed by atoms with Gasteiger partial charge in [-0.1, -0.05) is 0 Å². The highest BCUT2D eigenvalue weighted by Crippen LogP contribution is 2.16. The number of halogens is 2. The summed E-state index contributed by atoms with van der Waals surface area (Å²) in [4.78, 5) is 11.6. The number of carbonyl (C=O) groups excluding carboxylic acids is 1. The van der Waals surface area contributed by atoms with Crippen molar-refractivity contribution in [3.05, 3.63) is 54.1 Å². The van der Waals surface area contributed by atoms with Gasteiger partial charge in [-0.05, 0) is 36.4 Å². The number of nitrogens with one attached hydrogen (secondary N) is 2. The quantitative estimate of drug-likeness (QED) is 0.670. The van der Waals surface area contributed by atoms with Gasteiger partial charge in [-0.2, -0.15) is 0 Å². The van der Waals surface area contributed by atoms with E-state index in [1.54, 1.807) is 31.4 Å². The summed E-state index contributed by atoms with van der Waals surface area (Å²) >= 11 is 0. The predicted molar refractivity (Wildman–Crippen MR) is 91.7 cm³/mol. The zero-order chi connectivity index (χ0) is 18.8. The summed E-state index contributed by atoms with van der Waals surface area (Å²) in [5.74, 6) is -0.316. The van der Waals surface area contributed by atoms with Crippen LogP contribution in [0.3, 0.4) is 0 Å². The van der Waals surface area contributed by atoms with Gasteiger partial charge < -0.3 is 24.8 Å². The molecule has 0 atom stereocenters. The molecule has 0 fully saturated rings. The molecule has 0 aliphatic heterocycles. The predicted octanol–water partition coefficient (Wildman–Crippen LogP) is 2.73. The number of amides is 2. The van der Waals surface area contributed by atoms with Crippen LogP contribution < -0.4 is 24.8 Å². The fourth-order valence-corrected chi connectivity index (χ4v) is 1.97. The lowest BCUT2D eigenvalue weighted by atomic mass is 10.3. The van der Waals surface area contributed by atoms with E-state index >= 15 is 0 Å². The summed E-state index contributed by atoms with van der Waals surface area (Å²) < 4.78 is 41.5. The Hall–Kier alpha value is -3.03. The molecule has 2 amide bonds. The molecule has 0 bridgehead atoms. The molecule has 0 saturated carbocycles. The molecule has 0 radical (unpaired) electrons. The first-order valence-electron chi connectivity index (χ1n) is 7.95. The first-order chi connectivity index (χ1) is 12.6. The number of rotatable bonds is 9. The van der Waals surface area contributed by atoms with Gasteiger partial charge in [0.15, 0.2) is 11.6 Å². The molecule has 0 saturated heterocycles. The molecular formula is C18H20F2N2O4. The van der Waals surface area contributed by atoms with Gasteiger partial charge in [0.05, 0.1) is 20.2 Å². The standard InChI is InChI=1S/C18H20F2N2O4/c1-24-13-2-4-14(5-3-13)25-10-8-21-18(23)22-9-11-26-15-6-7-16(19)17(20)12-15/h2-7,12H,8-11H2,1H3,(H2,21,22,23). The van der Waals surface area contributed by atoms with Gasteiger partial charge in [0.25, 0.3) is 0 Å². The van der Waals surface area contributed by atoms with E-state index in [0.717, 1.165) is 17.9 Å². The average molecular weight is 366 g/mol. The summed E-state index contributed by atoms with van der Waals surface area (Å²) in [6.07, 6.45) is 0. The second-order valence-electron chi connectivity index (χ2n) is 5.13. The maximum atomic E-state index is 13.0. The molecule has 6 nitrogen and oxygen atoms in total. The van der Waals surface area contributed by atoms with Gasteiger partial charge in [-0.15, -0.1) is 0 Å². The van der Waals surface area contributed by atoms with Crippen LogP contribution in [0.1, 0.15) is 0 Å². The van der Waals surface area contributed by atoms with Gasteiger partial charge in [-0.3, -0.25) is 0 Å². The number of urea groups is 1. The van der Waals surface area contributed by atoms with E-state index in [2.05, 4.69) is 10.6 Å². The van der Waals surface area contributed by atoms with Crippen molar-refractivity contribution >= 4 is 6.03 Å². The molecule has 140 valence electrons. The molecule has 0 aliphatic carbocycles. The van der Waals surface area contributed by atoms with Crippen LogP contribution in [0.2, 0.25) is 0 Å². The van der Waals surface area contributed by atoms with E-state index in [-0.39, 0.29) is 24.9 Å². The molecule has 2 aromatic rings. The van der Waals surface area contributed by atoms with Crippen molar-refractivity contribution < 1.29 is 27.8 Å². The van der Waals surface area contributed by atoms with E-state index in [1.165, 1.54) is 6.07 Å². The fourth-order valence-electron chi connectivity index (χ4n) is 1.97. The number of hydrogen-bond donors (Lipinski definition) is 2. The first kappa shape index (κ1) is 19.3. The lowest BCUT2D eigenvalue weighted by Gasteiger charge is -2.10. The molecule has 2 rings (SSSR count). The van der Waals surface area contributed by atoms with Crippen LogP contribution in [0.5, 0.6) is 17.2 Å². The molecule has 2 N–H and O–H groups in total. The zero-order valence-corrected chi connectivity index (χ0v) is 14.3. The molecule has 0 unspecified atom stereocenters. The van der Waals surface area contributed by atoms with E-state index < -0.39 is 11.6 Å². The van der Waals surface area contributed by atoms with Crippen LogP contribution in [0.4, 0.5) is 13.6 Å². The number of methoxy groups -OCH3 is 1. The van der Waals surface area contributed by atoms with Crippen molar-refractivity contribution in [3.8, 4) is 17.2 Å². The maximum absolute atomic E-state index is 13.0. The van der Waals surface area contributed by atoms with Crippen molar-refractivity contribution in [2.24, 2.45) is 0 Å². The Kier molecular flexibility index (Phi) is 7.48. The van der Waals surface area contributed by atoms with Crippen LogP contribution in [0.15, 0.2) is 42.5 Å². The van der Waals surface area contributed by atoms with Crippen LogP contribution in [-0.2, 0) is 0 Å². The molecule has 26 heavy (non-hydrogen) atoms. The minimum Gasteiger partial charge on any atom is -0.497 e. The Balaban J connectivity index is 1.55. The number of hydrogen-bond acceptors (Lipinski definition) is 4. The number of ether oxygens (including phenoxy) is 3. The van der Waals surface area contributed by atoms with E-state index in [1.807, 2.05) is 0 Å². The molecule has 0 aromatic heterocycles. The van der Waals surface area contributed by atoms with Gasteiger partial charge >= 0.3 is 6.03 Å². The minimum atomic E-state index is -0.981. The van der Waals surface area contributed by atoms with Crippen LogP contribution >= 0.6 is 0 Å². The molecule has 0 heterocycles. The Morgan fingerprint density at radius 1 is 0.846 bits per heavy atom. The third-order valence-corrected chi connectivity index (χ3v) is 3.26. The molecular weight excluding hydrogens is 346 g/mol. The first-order valence-corrected chi connectivity index (χ1v) is 7.95. The third-order valence-electron chi connectivity index (χ3n) is 3.26. The van der Waals surface area contributed by atoms with Gasteiger partial charge in [-0.25, -0.2) is 13.6 Å². The van der Waals surface area contributed by atoms with Crippen molar-refractivity contribution in [3.63, 3.8) is 0 Å². The SMILES string of the molecule is COc1ccc(OCCNC(=O)NCCOc2ccc(F)c(F)c2)cc1. The number of carbonyl (C=O) groups is 1. The van der Waals surface area contributed by atoms with Crippen molar-refractivity contribution in [2.75, 3.05) is 33.4 Å². The average Bonchev–Trinajstić information content (AvgIpc) is 2.65. The monoisotopic (exact) mass is 366 g/mol. The zero-order valence-electron chi connectivity index (χ0n) is 14.3. The summed E-state index contributed by atoms with van der Waals surface area (Å²) in [5.41, 5.74) is 0. The molecule has 0 spiro atoms. The summed E-state index contributed by atoms with van der Waals surface area (Å²) in [5, 5.41) is 5.20. The normalized spacial score (nSPS) is 10.1. The second-order valence-corrected chi connectivity index (χ2v) is 5.13. The Labute approximate surface area is 150 Å². The highest BCUT2D eigenvalue weighted by molar-refractivity contribution is 5.73. The van der Waals surface area contributed by atoms with Gasteiger partial charge in [0.2, 0.25) is 0 Å². The van der Waals surface area contributed by atoms with Crippen LogP contribution in [0.25, 0.3) is 0 Å². The summed E-state index contributed by atoms with van der Waals surface area (Å²) in [7, 11) is 1.58. The lowest BCUT2D eigenvalue weighted by molar-refractivity contribution is 0.232. The second kappa shape index (κ2) is 10.1. The summed E-state index contributed by atoms with van der Waals surface area (Å²) in [6.45, 7) is 0.970. The highest BCUT2D eigenvalue weighted by atomic mass is 19.2. The minimum absolute atomic E-state index is 0.126. The van der Waals surface area contributed by atoms with E-state index in [4.69, 9.17) is 14.2 Å². The Bertz CT molecular complexity index is 711. The topological polar surface area (TPSA) is 68.8 Å². The Morgan fingerprint density at radius 3 is 1.96 bits per heavy atom. The lowest BCUT2D eigenvalue weighted by Crippen LogP contribution is -2.39. The van der Waals surface area contributed by atoms with Gasteiger partial charge in [0.1, 0.15) is 30.5 Å². The molecule has 2 aromatic carbocycles. The van der Waals surface area contributed by atoms with Crippen molar-refractivity contribution in [1.82, 2.24) is 10.6 Å². The van der Waals surface area contributed by atoms with Crippen molar-refractivity contribution in [1.29, 1.82) is 0 Å². The highest BCUT2D eigenvalue weighted by Gasteiger charge is 2.04. The Morgan fingerprint density at radius 2 is 1.38 bits per heavy atom. The van der Waals surface area contributed by atoms with E-state index in [0.29, 0.717) is 18.9 Å². The number of benzene rings is 2.